The summed E-state index contributed by atoms with van der Waals surface area (Å²) in [6.07, 6.45) is 2.77. The molecule has 0 bridgehead atoms. The van der Waals surface area contributed by atoms with Crippen LogP contribution in [0.3, 0.4) is 0 Å². The molecule has 0 aliphatic carbocycles. The zero-order chi connectivity index (χ0) is 18.4. The van der Waals surface area contributed by atoms with E-state index in [0.29, 0.717) is 17.1 Å². The zero-order valence-electron chi connectivity index (χ0n) is 13.7. The van der Waals surface area contributed by atoms with Gasteiger partial charge >= 0.3 is 0 Å². The summed E-state index contributed by atoms with van der Waals surface area (Å²) in [5, 5.41) is 2.56. The summed E-state index contributed by atoms with van der Waals surface area (Å²) in [5.41, 5.74) is 6.27. The van der Waals surface area contributed by atoms with Crippen LogP contribution < -0.4 is 20.5 Å². The highest BCUT2D eigenvalue weighted by Gasteiger charge is 2.16. The Kier molecular flexibility index (Phi) is 5.73. The minimum atomic E-state index is -0.723. The van der Waals surface area contributed by atoms with Gasteiger partial charge in [-0.3, -0.25) is 9.59 Å². The van der Waals surface area contributed by atoms with Crippen LogP contribution in [0.25, 0.3) is 6.08 Å². The maximum Gasteiger partial charge on any atom is 0.250 e. The van der Waals surface area contributed by atoms with Crippen molar-refractivity contribution in [1.29, 1.82) is 0 Å². The van der Waals surface area contributed by atoms with Crippen molar-refractivity contribution in [1.82, 2.24) is 0 Å². The van der Waals surface area contributed by atoms with Gasteiger partial charge in [-0.05, 0) is 29.8 Å². The molecule has 3 N–H and O–H groups in total. The van der Waals surface area contributed by atoms with E-state index < -0.39 is 11.8 Å². The highest BCUT2D eigenvalue weighted by Crippen LogP contribution is 2.33. The quantitative estimate of drug-likeness (QED) is 0.788. The standard InChI is InChI=1S/C18H17FN2O4/c1-24-15-9-13(18(20)23)14(10-16(15)25-2)21-17(22)8-5-11-3-6-12(19)7-4-11/h3-10H,1-2H3,(H2,20,23)(H,21,22). The van der Waals surface area contributed by atoms with Crippen molar-refractivity contribution in [2.75, 3.05) is 19.5 Å². The van der Waals surface area contributed by atoms with Crippen molar-refractivity contribution in [3.8, 4) is 11.5 Å². The molecule has 2 amide bonds. The molecule has 0 aromatic heterocycles. The molecular formula is C18H17FN2O4. The Morgan fingerprint density at radius 1 is 1.08 bits per heavy atom. The van der Waals surface area contributed by atoms with Crippen molar-refractivity contribution >= 4 is 23.6 Å². The first-order chi connectivity index (χ1) is 11.9. The Labute approximate surface area is 144 Å². The van der Waals surface area contributed by atoms with Crippen LogP contribution in [0, 0.1) is 5.82 Å². The van der Waals surface area contributed by atoms with Gasteiger partial charge in [0.15, 0.2) is 11.5 Å². The normalized spacial score (nSPS) is 10.5. The molecule has 0 radical (unpaired) electrons. The van der Waals surface area contributed by atoms with Crippen LogP contribution >= 0.6 is 0 Å². The Bertz CT molecular complexity index is 817. The lowest BCUT2D eigenvalue weighted by atomic mass is 10.1. The molecule has 2 rings (SSSR count). The molecule has 0 saturated carbocycles. The third kappa shape index (κ3) is 4.57. The van der Waals surface area contributed by atoms with Crippen molar-refractivity contribution in [3.63, 3.8) is 0 Å². The minimum Gasteiger partial charge on any atom is -0.493 e. The van der Waals surface area contributed by atoms with Crippen molar-refractivity contribution in [3.05, 3.63) is 59.4 Å². The second-order valence-electron chi connectivity index (χ2n) is 4.99. The van der Waals surface area contributed by atoms with Crippen LogP contribution in [0.15, 0.2) is 42.5 Å². The van der Waals surface area contributed by atoms with Gasteiger partial charge in [0.2, 0.25) is 5.91 Å². The highest BCUT2D eigenvalue weighted by atomic mass is 19.1. The van der Waals surface area contributed by atoms with Crippen LogP contribution in [-0.4, -0.2) is 26.0 Å². The maximum atomic E-state index is 12.9. The van der Waals surface area contributed by atoms with E-state index in [-0.39, 0.29) is 17.1 Å². The molecule has 0 unspecified atom stereocenters. The molecule has 0 saturated heterocycles. The minimum absolute atomic E-state index is 0.0844. The van der Waals surface area contributed by atoms with E-state index in [1.165, 1.54) is 62.8 Å². The van der Waals surface area contributed by atoms with Gasteiger partial charge in [0.05, 0.1) is 25.5 Å². The number of benzene rings is 2. The summed E-state index contributed by atoms with van der Waals surface area (Å²) in [4.78, 5) is 23.7. The van der Waals surface area contributed by atoms with Crippen molar-refractivity contribution in [2.45, 2.75) is 0 Å². The van der Waals surface area contributed by atoms with Gasteiger partial charge in [0.25, 0.3) is 5.91 Å². The lowest BCUT2D eigenvalue weighted by Crippen LogP contribution is -2.17. The average Bonchev–Trinajstić information content (AvgIpc) is 2.60. The molecule has 2 aromatic rings. The van der Waals surface area contributed by atoms with Gasteiger partial charge in [-0.1, -0.05) is 12.1 Å². The molecule has 2 aromatic carbocycles. The summed E-state index contributed by atoms with van der Waals surface area (Å²) in [6, 6.07) is 8.48. The summed E-state index contributed by atoms with van der Waals surface area (Å²) in [7, 11) is 2.86. The molecular weight excluding hydrogens is 327 g/mol. The molecule has 0 aliphatic heterocycles. The van der Waals surface area contributed by atoms with Gasteiger partial charge in [0, 0.05) is 12.1 Å². The van der Waals surface area contributed by atoms with Crippen LogP contribution in [0.2, 0.25) is 0 Å². The van der Waals surface area contributed by atoms with E-state index in [1.54, 1.807) is 0 Å². The topological polar surface area (TPSA) is 90.6 Å². The summed E-state index contributed by atoms with van der Waals surface area (Å²) in [5.74, 6) is -0.919. The number of hydrogen-bond donors (Lipinski definition) is 2. The average molecular weight is 344 g/mol. The fourth-order valence-electron chi connectivity index (χ4n) is 2.11. The van der Waals surface area contributed by atoms with Gasteiger partial charge in [-0.25, -0.2) is 4.39 Å². The molecule has 0 aliphatic rings. The molecule has 0 spiro atoms. The third-order valence-electron chi connectivity index (χ3n) is 3.34. The maximum absolute atomic E-state index is 12.9. The zero-order valence-corrected chi connectivity index (χ0v) is 13.7. The summed E-state index contributed by atoms with van der Waals surface area (Å²) in [6.45, 7) is 0. The fraction of sp³-hybridized carbons (Fsp3) is 0.111. The first-order valence-electron chi connectivity index (χ1n) is 7.25. The molecule has 6 nitrogen and oxygen atoms in total. The van der Waals surface area contributed by atoms with E-state index in [9.17, 15) is 14.0 Å². The Morgan fingerprint density at radius 3 is 2.24 bits per heavy atom. The van der Waals surface area contributed by atoms with E-state index >= 15 is 0 Å². The number of ether oxygens (including phenoxy) is 2. The molecule has 0 atom stereocenters. The van der Waals surface area contributed by atoms with Gasteiger partial charge in [-0.2, -0.15) is 0 Å². The molecule has 0 fully saturated rings. The predicted molar refractivity (Wildman–Crippen MR) is 92.1 cm³/mol. The lowest BCUT2D eigenvalue weighted by Gasteiger charge is -2.13. The fourth-order valence-corrected chi connectivity index (χ4v) is 2.11. The number of hydrogen-bond acceptors (Lipinski definition) is 4. The number of nitrogens with two attached hydrogens (primary N) is 1. The smallest absolute Gasteiger partial charge is 0.250 e. The second kappa shape index (κ2) is 7.96. The predicted octanol–water partition coefficient (Wildman–Crippen LogP) is 2.59. The first kappa shape index (κ1) is 18.0. The molecule has 7 heteroatoms. The number of methoxy groups -OCH3 is 2. The van der Waals surface area contributed by atoms with Gasteiger partial charge < -0.3 is 20.5 Å². The monoisotopic (exact) mass is 344 g/mol. The third-order valence-corrected chi connectivity index (χ3v) is 3.34. The van der Waals surface area contributed by atoms with E-state index in [2.05, 4.69) is 5.32 Å². The second-order valence-corrected chi connectivity index (χ2v) is 4.99. The summed E-state index contributed by atoms with van der Waals surface area (Å²) >= 11 is 0. The number of anilines is 1. The largest absolute Gasteiger partial charge is 0.493 e. The SMILES string of the molecule is COc1cc(NC(=O)C=Cc2ccc(F)cc2)c(C(N)=O)cc1OC. The van der Waals surface area contributed by atoms with E-state index in [0.717, 1.165) is 0 Å². The molecule has 0 heterocycles. The number of primary amides is 1. The molecule has 25 heavy (non-hydrogen) atoms. The number of amides is 2. The van der Waals surface area contributed by atoms with Crippen LogP contribution in [-0.2, 0) is 4.79 Å². The first-order valence-corrected chi connectivity index (χ1v) is 7.25. The number of carbonyl (C=O) groups is 2. The Balaban J connectivity index is 2.24. The Hall–Kier alpha value is -3.35. The van der Waals surface area contributed by atoms with Gasteiger partial charge in [0.1, 0.15) is 5.82 Å². The van der Waals surface area contributed by atoms with Crippen molar-refractivity contribution < 1.29 is 23.5 Å². The van der Waals surface area contributed by atoms with Crippen LogP contribution in [0.5, 0.6) is 11.5 Å². The summed E-state index contributed by atoms with van der Waals surface area (Å²) < 4.78 is 23.1. The van der Waals surface area contributed by atoms with Crippen LogP contribution in [0.1, 0.15) is 15.9 Å². The highest BCUT2D eigenvalue weighted by molar-refractivity contribution is 6.07. The Morgan fingerprint density at radius 2 is 1.68 bits per heavy atom. The lowest BCUT2D eigenvalue weighted by molar-refractivity contribution is -0.111. The number of rotatable bonds is 6. The van der Waals surface area contributed by atoms with Crippen LogP contribution in [0.4, 0.5) is 10.1 Å². The number of halogens is 1. The van der Waals surface area contributed by atoms with E-state index in [1.807, 2.05) is 0 Å². The number of nitrogens with one attached hydrogen (secondary N) is 1. The van der Waals surface area contributed by atoms with Crippen molar-refractivity contribution in [2.24, 2.45) is 5.73 Å². The number of carbonyl (C=O) groups excluding carboxylic acids is 2. The van der Waals surface area contributed by atoms with Gasteiger partial charge in [-0.15, -0.1) is 0 Å². The van der Waals surface area contributed by atoms with E-state index in [4.69, 9.17) is 15.2 Å². The molecule has 130 valence electrons.